The summed E-state index contributed by atoms with van der Waals surface area (Å²) in [6, 6.07) is 21.5. The van der Waals surface area contributed by atoms with Gasteiger partial charge in [0.2, 0.25) is 11.8 Å². The van der Waals surface area contributed by atoms with Crippen LogP contribution in [0.2, 0.25) is 0 Å². The monoisotopic (exact) mass is 730 g/mol. The zero-order valence-electron chi connectivity index (χ0n) is 31.7. The van der Waals surface area contributed by atoms with E-state index in [0.29, 0.717) is 47.7 Å². The van der Waals surface area contributed by atoms with Crippen molar-refractivity contribution in [3.63, 3.8) is 0 Å². The van der Waals surface area contributed by atoms with Crippen molar-refractivity contribution in [2.75, 3.05) is 25.0 Å². The highest BCUT2D eigenvalue weighted by atomic mass is 16.5. The maximum Gasteiger partial charge on any atom is 0.229 e. The first kappa shape index (κ1) is 34.9. The lowest BCUT2D eigenvalue weighted by Gasteiger charge is -2.27. The number of anilines is 1. The van der Waals surface area contributed by atoms with Crippen molar-refractivity contribution in [2.24, 2.45) is 17.6 Å². The molecule has 6 aliphatic carbocycles. The van der Waals surface area contributed by atoms with Crippen molar-refractivity contribution >= 4 is 5.69 Å². The number of rotatable bonds is 16. The normalized spacial score (nSPS) is 31.9. The van der Waals surface area contributed by atoms with Crippen LogP contribution in [0.4, 0.5) is 5.69 Å². The molecule has 0 bridgehead atoms. The number of benzene rings is 2. The molecule has 0 radical (unpaired) electrons. The van der Waals surface area contributed by atoms with Gasteiger partial charge >= 0.3 is 0 Å². The molecule has 6 aliphatic rings. The zero-order chi connectivity index (χ0) is 36.1. The van der Waals surface area contributed by atoms with Crippen molar-refractivity contribution in [1.29, 1.82) is 0 Å². The predicted molar refractivity (Wildman–Crippen MR) is 208 cm³/mol. The molecule has 10 rings (SSSR count). The topological polar surface area (TPSA) is 140 Å². The van der Waals surface area contributed by atoms with Crippen LogP contribution in [0.15, 0.2) is 63.6 Å². The van der Waals surface area contributed by atoms with E-state index in [1.165, 1.54) is 55.3 Å². The summed E-state index contributed by atoms with van der Waals surface area (Å²) in [5, 5.41) is 20.5. The zero-order valence-corrected chi connectivity index (χ0v) is 31.7. The number of hydrogen-bond acceptors (Lipinski definition) is 10. The van der Waals surface area contributed by atoms with E-state index in [1.54, 1.807) is 0 Å². The Bertz CT molecular complexity index is 1870. The Balaban J connectivity index is 0.651. The molecule has 0 amide bonds. The molecule has 0 aliphatic heterocycles. The van der Waals surface area contributed by atoms with E-state index >= 15 is 0 Å². The van der Waals surface area contributed by atoms with Gasteiger partial charge in [-0.1, -0.05) is 52.8 Å². The molecule has 54 heavy (non-hydrogen) atoms. The van der Waals surface area contributed by atoms with Crippen molar-refractivity contribution in [1.82, 2.24) is 30.9 Å². The molecule has 10 nitrogen and oxygen atoms in total. The lowest BCUT2D eigenvalue weighted by Crippen LogP contribution is -2.30. The molecule has 4 aromatic rings. The van der Waals surface area contributed by atoms with Crippen LogP contribution >= 0.6 is 0 Å². The number of nitrogens with one attached hydrogen (secondary N) is 3. The second-order valence-electron chi connectivity index (χ2n) is 18.3. The minimum Gasteiger partial charge on any atom is -0.385 e. The second-order valence-corrected chi connectivity index (χ2v) is 18.3. The Morgan fingerprint density at radius 3 is 2.00 bits per heavy atom. The van der Waals surface area contributed by atoms with E-state index in [4.69, 9.17) is 24.7 Å². The standard InChI is InChI=1S/C44H58N8O2/c45-33-15-11-28(12-16-33)21-39-49-41(51-53-39)43(17-18-43)26-48-38-24-36(38)32-7-4-8-34(22-32)46-25-29-9-13-31(14-10-29)40-50-42(52-54-40)44(19-20-44)27-47-37-23-35(37)30-5-2-1-3-6-30/h1-8,22,28-29,31,33,35-38,46-48H,9-21,23-27,45H2/t28-,29-,31-,33-,35-,36-,37+,38+/m0/s1. The average Bonchev–Trinajstić information content (AvgIpc) is 4.10. The van der Waals surface area contributed by atoms with E-state index in [0.717, 1.165) is 101 Å². The fourth-order valence-electron chi connectivity index (χ4n) is 9.76. The van der Waals surface area contributed by atoms with Crippen LogP contribution in [0.1, 0.15) is 142 Å². The van der Waals surface area contributed by atoms with Crippen LogP contribution < -0.4 is 21.7 Å². The third-order valence-corrected chi connectivity index (χ3v) is 14.2. The molecule has 4 atom stereocenters. The third kappa shape index (κ3) is 7.63. The van der Waals surface area contributed by atoms with Crippen molar-refractivity contribution < 1.29 is 9.05 Å². The van der Waals surface area contributed by atoms with E-state index in [9.17, 15) is 0 Å². The fraction of sp³-hybridized carbons (Fsp3) is 0.636. The molecule has 6 saturated carbocycles. The summed E-state index contributed by atoms with van der Waals surface area (Å²) in [4.78, 5) is 9.90. The van der Waals surface area contributed by atoms with Gasteiger partial charge in [0, 0.05) is 78.5 Å². The van der Waals surface area contributed by atoms with Gasteiger partial charge in [0.05, 0.1) is 0 Å². The molecule has 2 aromatic carbocycles. The average molecular weight is 731 g/mol. The molecule has 2 aromatic heterocycles. The lowest BCUT2D eigenvalue weighted by atomic mass is 9.82. The van der Waals surface area contributed by atoms with E-state index in [2.05, 4.69) is 80.9 Å². The second kappa shape index (κ2) is 14.5. The van der Waals surface area contributed by atoms with Crippen molar-refractivity contribution in [3.8, 4) is 0 Å². The maximum atomic E-state index is 6.10. The summed E-state index contributed by atoms with van der Waals surface area (Å²) < 4.78 is 11.7. The predicted octanol–water partition coefficient (Wildman–Crippen LogP) is 7.25. The SMILES string of the molecule is N[C@H]1CC[C@H](Cc2nc(C3(CN[C@@H]4C[C@H]4c4cccc(NC[C@H]5CC[C@H](c6nc(C7(CN[C@@H]8C[C@H]8c8ccccc8)CC7)no6)CC5)c4)CC3)no2)CC1. The van der Waals surface area contributed by atoms with E-state index in [1.807, 2.05) is 0 Å². The summed E-state index contributed by atoms with van der Waals surface area (Å²) in [5.41, 5.74) is 10.4. The van der Waals surface area contributed by atoms with Gasteiger partial charge in [-0.15, -0.1) is 0 Å². The molecular formula is C44H58N8O2. The number of hydrogen-bond donors (Lipinski definition) is 4. The maximum absolute atomic E-state index is 6.10. The summed E-state index contributed by atoms with van der Waals surface area (Å²) in [6.07, 6.45) is 17.1. The first-order valence-electron chi connectivity index (χ1n) is 21.3. The Labute approximate surface area is 319 Å². The van der Waals surface area contributed by atoms with Gasteiger partial charge in [0.15, 0.2) is 11.6 Å². The van der Waals surface area contributed by atoms with Crippen LogP contribution in [0.3, 0.4) is 0 Å². The smallest absolute Gasteiger partial charge is 0.229 e. The van der Waals surface area contributed by atoms with E-state index < -0.39 is 0 Å². The molecular weight excluding hydrogens is 673 g/mol. The van der Waals surface area contributed by atoms with Crippen LogP contribution in [-0.4, -0.2) is 58.0 Å². The molecule has 0 spiro atoms. The fourth-order valence-corrected chi connectivity index (χ4v) is 9.76. The van der Waals surface area contributed by atoms with Gasteiger partial charge < -0.3 is 30.7 Å². The van der Waals surface area contributed by atoms with Crippen LogP contribution in [0.5, 0.6) is 0 Å². The summed E-state index contributed by atoms with van der Waals surface area (Å²) >= 11 is 0. The molecule has 10 heteroatoms. The molecule has 0 unspecified atom stereocenters. The number of nitrogens with zero attached hydrogens (tertiary/aromatic N) is 4. The summed E-state index contributed by atoms with van der Waals surface area (Å²) in [5.74, 6) is 6.43. The summed E-state index contributed by atoms with van der Waals surface area (Å²) in [7, 11) is 0. The van der Waals surface area contributed by atoms with Gasteiger partial charge in [-0.25, -0.2) is 0 Å². The largest absolute Gasteiger partial charge is 0.385 e. The minimum atomic E-state index is 0.0534. The van der Waals surface area contributed by atoms with Gasteiger partial charge in [-0.05, 0) is 125 Å². The highest BCUT2D eigenvalue weighted by Gasteiger charge is 2.51. The number of nitrogens with two attached hydrogens (primary N) is 1. The molecule has 6 fully saturated rings. The van der Waals surface area contributed by atoms with Crippen LogP contribution in [0, 0.1) is 11.8 Å². The molecule has 286 valence electrons. The van der Waals surface area contributed by atoms with Gasteiger partial charge in [0.1, 0.15) is 0 Å². The van der Waals surface area contributed by atoms with Crippen molar-refractivity contribution in [3.05, 3.63) is 89.2 Å². The lowest BCUT2D eigenvalue weighted by molar-refractivity contribution is 0.276. The van der Waals surface area contributed by atoms with Crippen LogP contribution in [-0.2, 0) is 17.3 Å². The Kier molecular flexibility index (Phi) is 9.35. The molecule has 0 saturated heterocycles. The van der Waals surface area contributed by atoms with Crippen molar-refractivity contribution in [2.45, 2.75) is 143 Å². The highest BCUT2D eigenvalue weighted by Crippen LogP contribution is 2.50. The molecule has 5 N–H and O–H groups in total. The van der Waals surface area contributed by atoms with E-state index in [-0.39, 0.29) is 10.8 Å². The van der Waals surface area contributed by atoms with Crippen LogP contribution in [0.25, 0.3) is 0 Å². The highest BCUT2D eigenvalue weighted by molar-refractivity contribution is 5.48. The Morgan fingerprint density at radius 1 is 0.667 bits per heavy atom. The quantitative estimate of drug-likeness (QED) is 0.0932. The third-order valence-electron chi connectivity index (χ3n) is 14.2. The Morgan fingerprint density at radius 2 is 1.30 bits per heavy atom. The number of aromatic nitrogens is 4. The van der Waals surface area contributed by atoms with Gasteiger partial charge in [-0.2, -0.15) is 9.97 Å². The van der Waals surface area contributed by atoms with Gasteiger partial charge in [0.25, 0.3) is 0 Å². The van der Waals surface area contributed by atoms with Gasteiger partial charge in [-0.3, -0.25) is 0 Å². The molecule has 2 heterocycles. The minimum absolute atomic E-state index is 0.0534. The first-order chi connectivity index (χ1) is 26.5. The first-order valence-corrected chi connectivity index (χ1v) is 21.3. The summed E-state index contributed by atoms with van der Waals surface area (Å²) in [6.45, 7) is 2.91. The Hall–Kier alpha value is -3.60.